The number of morpholine rings is 2. The van der Waals surface area contributed by atoms with Crippen molar-refractivity contribution in [3.8, 4) is 11.1 Å². The van der Waals surface area contributed by atoms with Gasteiger partial charge in [0.1, 0.15) is 0 Å². The summed E-state index contributed by atoms with van der Waals surface area (Å²) < 4.78 is 10.8. The largest absolute Gasteiger partial charge is 0.379 e. The third-order valence-electron chi connectivity index (χ3n) is 6.76. The first-order valence-electron chi connectivity index (χ1n) is 12.9. The molecule has 2 aliphatic heterocycles. The number of carbonyl (C=O) groups excluding carboxylic acids is 1. The fourth-order valence-corrected chi connectivity index (χ4v) is 4.59. The summed E-state index contributed by atoms with van der Waals surface area (Å²) in [7, 11) is 0. The third kappa shape index (κ3) is 6.62. The molecule has 194 valence electrons. The number of hydrogen-bond donors (Lipinski definition) is 2. The van der Waals surface area contributed by atoms with Crippen LogP contribution < -0.4 is 15.5 Å². The molecule has 2 fully saturated rings. The van der Waals surface area contributed by atoms with Crippen molar-refractivity contribution in [2.45, 2.75) is 6.92 Å². The van der Waals surface area contributed by atoms with E-state index in [1.165, 1.54) is 0 Å². The van der Waals surface area contributed by atoms with Crippen molar-refractivity contribution in [1.82, 2.24) is 14.9 Å². The molecule has 2 saturated heterocycles. The molecule has 0 spiro atoms. The van der Waals surface area contributed by atoms with E-state index < -0.39 is 0 Å². The zero-order chi connectivity index (χ0) is 25.5. The molecule has 3 aromatic rings. The maximum atomic E-state index is 13.0. The number of benzene rings is 2. The molecule has 3 heterocycles. The second-order valence-corrected chi connectivity index (χ2v) is 9.31. The molecule has 0 radical (unpaired) electrons. The number of rotatable bonds is 8. The number of carbonyl (C=O) groups is 1. The molecule has 2 aliphatic rings. The highest BCUT2D eigenvalue weighted by molar-refractivity contribution is 6.05. The predicted molar refractivity (Wildman–Crippen MR) is 145 cm³/mol. The second-order valence-electron chi connectivity index (χ2n) is 9.31. The summed E-state index contributed by atoms with van der Waals surface area (Å²) in [5, 5.41) is 6.34. The van der Waals surface area contributed by atoms with Gasteiger partial charge < -0.3 is 25.0 Å². The lowest BCUT2D eigenvalue weighted by molar-refractivity contribution is 0.0398. The van der Waals surface area contributed by atoms with Crippen molar-refractivity contribution in [3.63, 3.8) is 0 Å². The van der Waals surface area contributed by atoms with E-state index in [-0.39, 0.29) is 5.91 Å². The topological polar surface area (TPSA) is 91.9 Å². The number of amides is 1. The van der Waals surface area contributed by atoms with Crippen molar-refractivity contribution < 1.29 is 14.3 Å². The molecule has 0 unspecified atom stereocenters. The Kier molecular flexibility index (Phi) is 8.25. The summed E-state index contributed by atoms with van der Waals surface area (Å²) in [5.41, 5.74) is 5.37. The highest BCUT2D eigenvalue weighted by Gasteiger charge is 2.15. The van der Waals surface area contributed by atoms with Crippen LogP contribution in [0.25, 0.3) is 11.1 Å². The maximum Gasteiger partial charge on any atom is 0.255 e. The van der Waals surface area contributed by atoms with Crippen LogP contribution in [0.2, 0.25) is 0 Å². The van der Waals surface area contributed by atoms with Crippen molar-refractivity contribution in [2.24, 2.45) is 0 Å². The molecule has 1 aromatic heterocycles. The molecule has 2 N–H and O–H groups in total. The fraction of sp³-hybridized carbons (Fsp3) is 0.393. The zero-order valence-electron chi connectivity index (χ0n) is 21.3. The van der Waals surface area contributed by atoms with Crippen LogP contribution >= 0.6 is 0 Å². The lowest BCUT2D eigenvalue weighted by atomic mass is 10.0. The minimum absolute atomic E-state index is 0.138. The Bertz CT molecular complexity index is 1190. The van der Waals surface area contributed by atoms with Crippen LogP contribution in [0.1, 0.15) is 15.9 Å². The molecule has 2 aromatic carbocycles. The Labute approximate surface area is 217 Å². The number of hydrogen-bond acceptors (Lipinski definition) is 8. The van der Waals surface area contributed by atoms with Crippen molar-refractivity contribution in [3.05, 3.63) is 66.0 Å². The van der Waals surface area contributed by atoms with Crippen LogP contribution in [-0.2, 0) is 9.47 Å². The first-order valence-corrected chi connectivity index (χ1v) is 12.9. The van der Waals surface area contributed by atoms with Gasteiger partial charge in [0.2, 0.25) is 5.95 Å². The van der Waals surface area contributed by atoms with Crippen LogP contribution in [0, 0.1) is 6.92 Å². The van der Waals surface area contributed by atoms with Gasteiger partial charge in [-0.1, -0.05) is 12.1 Å². The van der Waals surface area contributed by atoms with Crippen LogP contribution in [0.4, 0.5) is 17.3 Å². The lowest BCUT2D eigenvalue weighted by Crippen LogP contribution is -2.39. The molecule has 0 atom stereocenters. The van der Waals surface area contributed by atoms with E-state index >= 15 is 0 Å². The Morgan fingerprint density at radius 3 is 2.43 bits per heavy atom. The highest BCUT2D eigenvalue weighted by Crippen LogP contribution is 2.27. The van der Waals surface area contributed by atoms with Gasteiger partial charge in [0.05, 0.1) is 26.4 Å². The predicted octanol–water partition coefficient (Wildman–Crippen LogP) is 3.29. The summed E-state index contributed by atoms with van der Waals surface area (Å²) in [5.74, 6) is 0.472. The van der Waals surface area contributed by atoms with Gasteiger partial charge in [0, 0.05) is 74.2 Å². The average Bonchev–Trinajstić information content (AvgIpc) is 2.96. The van der Waals surface area contributed by atoms with Crippen molar-refractivity contribution in [1.29, 1.82) is 0 Å². The Hall–Kier alpha value is -3.53. The second kappa shape index (κ2) is 12.1. The molecule has 37 heavy (non-hydrogen) atoms. The molecule has 0 bridgehead atoms. The number of nitrogens with zero attached hydrogens (tertiary/aromatic N) is 4. The first-order chi connectivity index (χ1) is 18.2. The smallest absolute Gasteiger partial charge is 0.255 e. The van der Waals surface area contributed by atoms with Crippen LogP contribution in [0.15, 0.2) is 54.9 Å². The monoisotopic (exact) mass is 502 g/mol. The molecule has 1 amide bonds. The van der Waals surface area contributed by atoms with Gasteiger partial charge in [-0.25, -0.2) is 9.97 Å². The summed E-state index contributed by atoms with van der Waals surface area (Å²) in [6, 6.07) is 13.6. The molecule has 0 aliphatic carbocycles. The van der Waals surface area contributed by atoms with Crippen molar-refractivity contribution in [2.75, 3.05) is 81.2 Å². The summed E-state index contributed by atoms with van der Waals surface area (Å²) in [6.07, 6.45) is 3.65. The highest BCUT2D eigenvalue weighted by atomic mass is 16.5. The van der Waals surface area contributed by atoms with E-state index in [4.69, 9.17) is 9.47 Å². The van der Waals surface area contributed by atoms with Gasteiger partial charge in [-0.3, -0.25) is 9.69 Å². The van der Waals surface area contributed by atoms with E-state index in [0.29, 0.717) is 24.7 Å². The lowest BCUT2D eigenvalue weighted by Gasteiger charge is -2.29. The van der Waals surface area contributed by atoms with Gasteiger partial charge in [-0.2, -0.15) is 0 Å². The number of ether oxygens (including phenoxy) is 2. The molecular weight excluding hydrogens is 468 g/mol. The van der Waals surface area contributed by atoms with Gasteiger partial charge >= 0.3 is 0 Å². The fourth-order valence-electron chi connectivity index (χ4n) is 4.59. The number of aromatic nitrogens is 2. The number of anilines is 3. The average molecular weight is 503 g/mol. The Morgan fingerprint density at radius 2 is 1.68 bits per heavy atom. The van der Waals surface area contributed by atoms with E-state index in [1.807, 2.05) is 61.8 Å². The molecule has 5 rings (SSSR count). The third-order valence-corrected chi connectivity index (χ3v) is 6.76. The number of aryl methyl sites for hydroxylation is 1. The van der Waals surface area contributed by atoms with E-state index in [0.717, 1.165) is 80.5 Å². The van der Waals surface area contributed by atoms with E-state index in [1.54, 1.807) is 0 Å². The van der Waals surface area contributed by atoms with Crippen LogP contribution in [0.3, 0.4) is 0 Å². The van der Waals surface area contributed by atoms with Gasteiger partial charge in [-0.05, 0) is 48.4 Å². The van der Waals surface area contributed by atoms with Crippen LogP contribution in [-0.4, -0.2) is 86.5 Å². The standard InChI is InChI=1S/C28H34N6O3/c1-21-5-6-24(32-27(35)22-3-2-4-25(17-22)34-11-15-37-16-12-34)18-26(21)23-19-30-28(31-20-23)29-7-8-33-9-13-36-14-10-33/h2-6,17-20H,7-16H2,1H3,(H,32,35)(H,29,30,31). The summed E-state index contributed by atoms with van der Waals surface area (Å²) in [4.78, 5) is 26.7. The van der Waals surface area contributed by atoms with E-state index in [9.17, 15) is 4.79 Å². The van der Waals surface area contributed by atoms with Crippen molar-refractivity contribution >= 4 is 23.2 Å². The zero-order valence-corrected chi connectivity index (χ0v) is 21.3. The minimum atomic E-state index is -0.138. The van der Waals surface area contributed by atoms with Gasteiger partial charge in [0.15, 0.2) is 0 Å². The molecular formula is C28H34N6O3. The number of nitrogens with one attached hydrogen (secondary N) is 2. The first kappa shape index (κ1) is 25.1. The Balaban J connectivity index is 1.22. The normalized spacial score (nSPS) is 16.4. The molecule has 9 nitrogen and oxygen atoms in total. The van der Waals surface area contributed by atoms with Crippen LogP contribution in [0.5, 0.6) is 0 Å². The minimum Gasteiger partial charge on any atom is -0.379 e. The SMILES string of the molecule is Cc1ccc(NC(=O)c2cccc(N3CCOCC3)c2)cc1-c1cnc(NCCN2CCOCC2)nc1. The maximum absolute atomic E-state index is 13.0. The summed E-state index contributed by atoms with van der Waals surface area (Å²) >= 11 is 0. The Morgan fingerprint density at radius 1 is 0.946 bits per heavy atom. The summed E-state index contributed by atoms with van der Waals surface area (Å²) in [6.45, 7) is 10.4. The molecule has 9 heteroatoms. The quantitative estimate of drug-likeness (QED) is 0.485. The van der Waals surface area contributed by atoms with Gasteiger partial charge in [0.25, 0.3) is 5.91 Å². The van der Waals surface area contributed by atoms with Gasteiger partial charge in [-0.15, -0.1) is 0 Å². The molecule has 0 saturated carbocycles. The van der Waals surface area contributed by atoms with E-state index in [2.05, 4.69) is 30.4 Å².